The summed E-state index contributed by atoms with van der Waals surface area (Å²) in [7, 11) is 0. The van der Waals surface area contributed by atoms with Gasteiger partial charge < -0.3 is 5.11 Å². The van der Waals surface area contributed by atoms with Crippen molar-refractivity contribution in [1.82, 2.24) is 0 Å². The normalized spacial score (nSPS) is 12.1. The number of rotatable bonds is 1. The molecular weight excluding hydrogens is 138 g/mol. The van der Waals surface area contributed by atoms with Gasteiger partial charge in [-0.25, -0.2) is 0 Å². The Morgan fingerprint density at radius 2 is 1.91 bits per heavy atom. The van der Waals surface area contributed by atoms with Gasteiger partial charge in [-0.2, -0.15) is 5.26 Å². The molecule has 1 aromatic carbocycles. The van der Waals surface area contributed by atoms with Crippen LogP contribution in [0.5, 0.6) is 0 Å². The summed E-state index contributed by atoms with van der Waals surface area (Å²) in [6.07, 6.45) is -0.990. The predicted octanol–water partition coefficient (Wildman–Crippen LogP) is 1.55. The SMILES string of the molecule is Cc1ccc(C(O)C#N)cc1. The molecule has 0 heterocycles. The lowest BCUT2D eigenvalue weighted by molar-refractivity contribution is 0.236. The van der Waals surface area contributed by atoms with Gasteiger partial charge in [-0.3, -0.25) is 0 Å². The van der Waals surface area contributed by atoms with Crippen molar-refractivity contribution in [2.75, 3.05) is 0 Å². The van der Waals surface area contributed by atoms with Gasteiger partial charge in [-0.05, 0) is 12.5 Å². The Labute approximate surface area is 65.7 Å². The third-order valence-corrected chi connectivity index (χ3v) is 1.52. The zero-order valence-corrected chi connectivity index (χ0v) is 6.28. The molecule has 0 saturated heterocycles. The number of hydrogen-bond acceptors (Lipinski definition) is 2. The molecule has 0 aliphatic rings. The minimum absolute atomic E-state index is 0.651. The molecule has 1 rings (SSSR count). The summed E-state index contributed by atoms with van der Waals surface area (Å²) in [5, 5.41) is 17.4. The van der Waals surface area contributed by atoms with E-state index in [-0.39, 0.29) is 0 Å². The van der Waals surface area contributed by atoms with E-state index >= 15 is 0 Å². The topological polar surface area (TPSA) is 44.0 Å². The molecule has 11 heavy (non-hydrogen) atoms. The third kappa shape index (κ3) is 1.79. The van der Waals surface area contributed by atoms with Crippen molar-refractivity contribution in [1.29, 1.82) is 5.26 Å². The predicted molar refractivity (Wildman–Crippen MR) is 41.8 cm³/mol. The van der Waals surface area contributed by atoms with E-state index in [9.17, 15) is 0 Å². The lowest BCUT2D eigenvalue weighted by atomic mass is 10.1. The van der Waals surface area contributed by atoms with Crippen LogP contribution in [0.25, 0.3) is 0 Å². The molecule has 56 valence electrons. The minimum Gasteiger partial charge on any atom is -0.374 e. The molecule has 0 aromatic heterocycles. The number of aryl methyl sites for hydroxylation is 1. The van der Waals surface area contributed by atoms with Crippen LogP contribution in [0.1, 0.15) is 17.2 Å². The fourth-order valence-corrected chi connectivity index (χ4v) is 0.823. The van der Waals surface area contributed by atoms with Gasteiger partial charge in [-0.1, -0.05) is 29.8 Å². The summed E-state index contributed by atoms with van der Waals surface area (Å²) < 4.78 is 0. The van der Waals surface area contributed by atoms with Gasteiger partial charge in [0, 0.05) is 0 Å². The third-order valence-electron chi connectivity index (χ3n) is 1.52. The Balaban J connectivity index is 2.92. The molecule has 0 saturated carbocycles. The summed E-state index contributed by atoms with van der Waals surface area (Å²) >= 11 is 0. The first-order valence-corrected chi connectivity index (χ1v) is 3.38. The van der Waals surface area contributed by atoms with Gasteiger partial charge in [0.2, 0.25) is 0 Å². The second-order valence-corrected chi connectivity index (χ2v) is 2.44. The zero-order valence-electron chi connectivity index (χ0n) is 6.28. The number of hydrogen-bond donors (Lipinski definition) is 1. The molecule has 0 radical (unpaired) electrons. The van der Waals surface area contributed by atoms with Crippen molar-refractivity contribution >= 4 is 0 Å². The molecule has 0 fully saturated rings. The average molecular weight is 147 g/mol. The summed E-state index contributed by atoms with van der Waals surface area (Å²) in [4.78, 5) is 0. The first-order valence-electron chi connectivity index (χ1n) is 3.38. The summed E-state index contributed by atoms with van der Waals surface area (Å²) in [6.45, 7) is 1.96. The van der Waals surface area contributed by atoms with Gasteiger partial charge in [0.1, 0.15) is 0 Å². The molecule has 2 heteroatoms. The van der Waals surface area contributed by atoms with E-state index in [2.05, 4.69) is 0 Å². The van der Waals surface area contributed by atoms with Crippen LogP contribution in [0.2, 0.25) is 0 Å². The lowest BCUT2D eigenvalue weighted by Crippen LogP contribution is -1.92. The summed E-state index contributed by atoms with van der Waals surface area (Å²) in [6, 6.07) is 9.00. The fourth-order valence-electron chi connectivity index (χ4n) is 0.823. The van der Waals surface area contributed by atoms with Gasteiger partial charge in [0.25, 0.3) is 0 Å². The first kappa shape index (κ1) is 7.77. The maximum atomic E-state index is 9.06. The largest absolute Gasteiger partial charge is 0.374 e. The molecule has 1 N–H and O–H groups in total. The van der Waals surface area contributed by atoms with Gasteiger partial charge >= 0.3 is 0 Å². The Hall–Kier alpha value is -1.33. The maximum absolute atomic E-state index is 9.06. The molecule has 0 aliphatic heterocycles. The van der Waals surface area contributed by atoms with Crippen LogP contribution in [-0.2, 0) is 0 Å². The highest BCUT2D eigenvalue weighted by molar-refractivity contribution is 5.25. The van der Waals surface area contributed by atoms with Crippen molar-refractivity contribution < 1.29 is 5.11 Å². The highest BCUT2D eigenvalue weighted by atomic mass is 16.3. The van der Waals surface area contributed by atoms with Gasteiger partial charge in [0.15, 0.2) is 6.10 Å². The molecule has 0 bridgehead atoms. The number of nitrogens with zero attached hydrogens (tertiary/aromatic N) is 1. The van der Waals surface area contributed by atoms with E-state index in [0.717, 1.165) is 5.56 Å². The molecule has 1 aromatic rings. The van der Waals surface area contributed by atoms with E-state index in [4.69, 9.17) is 10.4 Å². The lowest BCUT2D eigenvalue weighted by Gasteiger charge is -2.00. The van der Waals surface area contributed by atoms with E-state index in [1.165, 1.54) is 0 Å². The monoisotopic (exact) mass is 147 g/mol. The molecule has 0 spiro atoms. The van der Waals surface area contributed by atoms with Crippen LogP contribution < -0.4 is 0 Å². The van der Waals surface area contributed by atoms with Crippen LogP contribution in [0, 0.1) is 18.3 Å². The minimum atomic E-state index is -0.990. The van der Waals surface area contributed by atoms with Crippen LogP contribution in [0.4, 0.5) is 0 Å². The smallest absolute Gasteiger partial charge is 0.165 e. The van der Waals surface area contributed by atoms with Crippen molar-refractivity contribution in [3.8, 4) is 6.07 Å². The van der Waals surface area contributed by atoms with Crippen molar-refractivity contribution in [2.45, 2.75) is 13.0 Å². The molecule has 2 nitrogen and oxygen atoms in total. The van der Waals surface area contributed by atoms with Gasteiger partial charge in [0.05, 0.1) is 6.07 Å². The number of aliphatic hydroxyl groups is 1. The van der Waals surface area contributed by atoms with Crippen molar-refractivity contribution in [2.24, 2.45) is 0 Å². The van der Waals surface area contributed by atoms with Crippen LogP contribution in [0.15, 0.2) is 24.3 Å². The van der Waals surface area contributed by atoms with Gasteiger partial charge in [-0.15, -0.1) is 0 Å². The number of nitriles is 1. The van der Waals surface area contributed by atoms with Crippen LogP contribution in [-0.4, -0.2) is 5.11 Å². The average Bonchev–Trinajstić information content (AvgIpc) is 2.05. The molecule has 1 atom stereocenters. The molecular formula is C9H9NO. The van der Waals surface area contributed by atoms with E-state index < -0.39 is 6.10 Å². The van der Waals surface area contributed by atoms with E-state index in [0.29, 0.717) is 5.56 Å². The molecule has 0 amide bonds. The Kier molecular flexibility index (Phi) is 2.25. The van der Waals surface area contributed by atoms with E-state index in [1.807, 2.05) is 19.1 Å². The molecule has 1 unspecified atom stereocenters. The second-order valence-electron chi connectivity index (χ2n) is 2.44. The summed E-state index contributed by atoms with van der Waals surface area (Å²) in [5.41, 5.74) is 1.77. The summed E-state index contributed by atoms with van der Waals surface area (Å²) in [5.74, 6) is 0. The van der Waals surface area contributed by atoms with Crippen molar-refractivity contribution in [3.05, 3.63) is 35.4 Å². The Morgan fingerprint density at radius 1 is 1.36 bits per heavy atom. The fraction of sp³-hybridized carbons (Fsp3) is 0.222. The first-order chi connectivity index (χ1) is 5.24. The zero-order chi connectivity index (χ0) is 8.27. The van der Waals surface area contributed by atoms with Crippen LogP contribution in [0.3, 0.4) is 0 Å². The molecule has 0 aliphatic carbocycles. The van der Waals surface area contributed by atoms with Crippen molar-refractivity contribution in [3.63, 3.8) is 0 Å². The second kappa shape index (κ2) is 3.18. The quantitative estimate of drug-likeness (QED) is 0.612. The van der Waals surface area contributed by atoms with Crippen LogP contribution >= 0.6 is 0 Å². The maximum Gasteiger partial charge on any atom is 0.165 e. The standard InChI is InChI=1S/C9H9NO/c1-7-2-4-8(5-3-7)9(11)6-10/h2-5,9,11H,1H3. The van der Waals surface area contributed by atoms with E-state index in [1.54, 1.807) is 18.2 Å². The number of benzene rings is 1. The number of aliphatic hydroxyl groups excluding tert-OH is 1. The highest BCUT2D eigenvalue weighted by Gasteiger charge is 2.02. The highest BCUT2D eigenvalue weighted by Crippen LogP contribution is 2.11. The Bertz CT molecular complexity index is 271. The Morgan fingerprint density at radius 3 is 2.36 bits per heavy atom.